The van der Waals surface area contributed by atoms with Crippen molar-refractivity contribution in [3.8, 4) is 0 Å². The van der Waals surface area contributed by atoms with E-state index in [0.29, 0.717) is 9.50 Å². The van der Waals surface area contributed by atoms with Gasteiger partial charge in [0.1, 0.15) is 5.69 Å². The van der Waals surface area contributed by atoms with E-state index in [1.807, 2.05) is 0 Å². The van der Waals surface area contributed by atoms with E-state index in [0.717, 1.165) is 0 Å². The summed E-state index contributed by atoms with van der Waals surface area (Å²) in [5.41, 5.74) is -0.765. The van der Waals surface area contributed by atoms with Crippen molar-refractivity contribution in [2.45, 2.75) is 0 Å². The first-order valence-corrected chi connectivity index (χ1v) is 5.99. The molecule has 0 saturated heterocycles. The molecule has 1 N–H and O–H groups in total. The molecule has 0 aliphatic rings. The Morgan fingerprint density at radius 2 is 1.63 bits per heavy atom. The molecule has 1 heterocycles. The highest BCUT2D eigenvalue weighted by Gasteiger charge is 2.20. The summed E-state index contributed by atoms with van der Waals surface area (Å²) >= 11 is 8.85. The number of anilines is 2. The van der Waals surface area contributed by atoms with Crippen molar-refractivity contribution in [3.05, 3.63) is 51.2 Å². The zero-order chi connectivity index (χ0) is 14.2. The highest BCUT2D eigenvalue weighted by Crippen LogP contribution is 2.30. The standard InChI is InChI=1S/C11H4BrClF4N2/c12-5-3-4(1-2-6(5)13)18-9-7(14)10(16)19-11(17)8(9)15/h1-3H,(H,18,19). The van der Waals surface area contributed by atoms with Gasteiger partial charge in [-0.25, -0.2) is 0 Å². The minimum Gasteiger partial charge on any atom is -0.350 e. The number of nitrogens with zero attached hydrogens (tertiary/aromatic N) is 1. The summed E-state index contributed by atoms with van der Waals surface area (Å²) in [4.78, 5) is 2.45. The normalized spacial score (nSPS) is 10.6. The molecule has 100 valence electrons. The van der Waals surface area contributed by atoms with Crippen LogP contribution in [0.5, 0.6) is 0 Å². The molecular weight excluding hydrogens is 351 g/mol. The summed E-state index contributed by atoms with van der Waals surface area (Å²) in [7, 11) is 0. The van der Waals surface area contributed by atoms with Crippen LogP contribution >= 0.6 is 27.5 Å². The number of hydrogen-bond acceptors (Lipinski definition) is 2. The SMILES string of the molecule is Fc1nc(F)c(F)c(Nc2ccc(Cl)c(Br)c2)c1F. The minimum absolute atomic E-state index is 0.194. The molecule has 0 unspecified atom stereocenters. The van der Waals surface area contributed by atoms with E-state index < -0.39 is 29.2 Å². The zero-order valence-electron chi connectivity index (χ0n) is 8.95. The van der Waals surface area contributed by atoms with Crippen molar-refractivity contribution in [1.29, 1.82) is 0 Å². The van der Waals surface area contributed by atoms with Crippen LogP contribution in [-0.2, 0) is 0 Å². The van der Waals surface area contributed by atoms with Crippen molar-refractivity contribution < 1.29 is 17.6 Å². The summed E-state index contributed by atoms with van der Waals surface area (Å²) in [6.07, 6.45) is 0. The smallest absolute Gasteiger partial charge is 0.253 e. The molecule has 0 atom stereocenters. The van der Waals surface area contributed by atoms with Crippen LogP contribution in [-0.4, -0.2) is 4.98 Å². The molecule has 0 aliphatic carbocycles. The van der Waals surface area contributed by atoms with Gasteiger partial charge >= 0.3 is 0 Å². The summed E-state index contributed by atoms with van der Waals surface area (Å²) < 4.78 is 53.0. The van der Waals surface area contributed by atoms with Crippen LogP contribution in [0.3, 0.4) is 0 Å². The van der Waals surface area contributed by atoms with E-state index in [2.05, 4.69) is 26.2 Å². The molecular formula is C11H4BrClF4N2. The Morgan fingerprint density at radius 3 is 2.16 bits per heavy atom. The van der Waals surface area contributed by atoms with Crippen LogP contribution in [0.15, 0.2) is 22.7 Å². The van der Waals surface area contributed by atoms with Crippen LogP contribution in [0.25, 0.3) is 0 Å². The Labute approximate surface area is 118 Å². The van der Waals surface area contributed by atoms with Gasteiger partial charge in [0.2, 0.25) is 11.6 Å². The average molecular weight is 356 g/mol. The Hall–Kier alpha value is -1.34. The van der Waals surface area contributed by atoms with Crippen molar-refractivity contribution in [2.75, 3.05) is 5.32 Å². The fraction of sp³-hybridized carbons (Fsp3) is 0. The minimum atomic E-state index is -1.73. The van der Waals surface area contributed by atoms with Gasteiger partial charge in [-0.1, -0.05) is 11.6 Å². The number of rotatable bonds is 2. The lowest BCUT2D eigenvalue weighted by Gasteiger charge is -2.10. The van der Waals surface area contributed by atoms with E-state index in [9.17, 15) is 17.6 Å². The van der Waals surface area contributed by atoms with E-state index in [-0.39, 0.29) is 5.69 Å². The van der Waals surface area contributed by atoms with Crippen molar-refractivity contribution in [3.63, 3.8) is 0 Å². The molecule has 19 heavy (non-hydrogen) atoms. The second-order valence-corrected chi connectivity index (χ2v) is 4.71. The Balaban J connectivity index is 2.46. The fourth-order valence-corrected chi connectivity index (χ4v) is 1.81. The van der Waals surface area contributed by atoms with E-state index in [1.54, 1.807) is 0 Å². The lowest BCUT2D eigenvalue weighted by atomic mass is 10.3. The van der Waals surface area contributed by atoms with Gasteiger partial charge in [-0.05, 0) is 34.1 Å². The molecule has 0 fully saturated rings. The summed E-state index contributed by atoms with van der Waals surface area (Å²) in [5, 5.41) is 2.61. The molecule has 1 aromatic heterocycles. The van der Waals surface area contributed by atoms with Gasteiger partial charge in [0.15, 0.2) is 0 Å². The maximum absolute atomic E-state index is 13.4. The third-order valence-corrected chi connectivity index (χ3v) is 3.40. The van der Waals surface area contributed by atoms with Crippen LogP contribution in [0.1, 0.15) is 0 Å². The van der Waals surface area contributed by atoms with Gasteiger partial charge in [0.05, 0.1) is 5.02 Å². The van der Waals surface area contributed by atoms with Crippen molar-refractivity contribution >= 4 is 38.9 Å². The number of nitrogens with one attached hydrogen (secondary N) is 1. The third kappa shape index (κ3) is 2.82. The molecule has 8 heteroatoms. The molecule has 0 saturated carbocycles. The molecule has 2 nitrogen and oxygen atoms in total. The first-order chi connectivity index (χ1) is 8.90. The monoisotopic (exact) mass is 354 g/mol. The van der Waals surface area contributed by atoms with Gasteiger partial charge in [-0.15, -0.1) is 0 Å². The summed E-state index contributed by atoms with van der Waals surface area (Å²) in [5.74, 6) is -6.67. The summed E-state index contributed by atoms with van der Waals surface area (Å²) in [6, 6.07) is 4.23. The number of pyridine rings is 1. The molecule has 1 aromatic carbocycles. The predicted molar refractivity (Wildman–Crippen MR) is 66.5 cm³/mol. The Morgan fingerprint density at radius 1 is 1.05 bits per heavy atom. The first kappa shape index (κ1) is 14.1. The zero-order valence-corrected chi connectivity index (χ0v) is 11.3. The highest BCUT2D eigenvalue weighted by atomic mass is 79.9. The quantitative estimate of drug-likeness (QED) is 0.618. The van der Waals surface area contributed by atoms with Crippen LogP contribution in [0, 0.1) is 23.5 Å². The number of hydrogen-bond donors (Lipinski definition) is 1. The topological polar surface area (TPSA) is 24.9 Å². The second kappa shape index (κ2) is 5.34. The Bertz CT molecular complexity index is 625. The number of halogens is 6. The van der Waals surface area contributed by atoms with Gasteiger partial charge < -0.3 is 5.32 Å². The molecule has 2 rings (SSSR count). The lowest BCUT2D eigenvalue weighted by molar-refractivity contribution is 0.411. The van der Waals surface area contributed by atoms with Gasteiger partial charge in [0, 0.05) is 10.2 Å². The Kier molecular flexibility index (Phi) is 3.96. The molecule has 0 bridgehead atoms. The lowest BCUT2D eigenvalue weighted by Crippen LogP contribution is -2.06. The van der Waals surface area contributed by atoms with E-state index in [4.69, 9.17) is 11.6 Å². The van der Waals surface area contributed by atoms with Crippen LogP contribution in [0.4, 0.5) is 28.9 Å². The third-order valence-electron chi connectivity index (χ3n) is 2.19. The van der Waals surface area contributed by atoms with Gasteiger partial charge in [-0.2, -0.15) is 22.5 Å². The van der Waals surface area contributed by atoms with Gasteiger partial charge in [-0.3, -0.25) is 0 Å². The van der Waals surface area contributed by atoms with Gasteiger partial charge in [0.25, 0.3) is 11.9 Å². The molecule has 0 aliphatic heterocycles. The van der Waals surface area contributed by atoms with E-state index >= 15 is 0 Å². The molecule has 0 spiro atoms. The molecule has 2 aromatic rings. The second-order valence-electron chi connectivity index (χ2n) is 3.45. The summed E-state index contributed by atoms with van der Waals surface area (Å²) in [6.45, 7) is 0. The maximum atomic E-state index is 13.4. The van der Waals surface area contributed by atoms with Crippen LogP contribution < -0.4 is 5.32 Å². The number of benzene rings is 1. The molecule has 0 amide bonds. The van der Waals surface area contributed by atoms with Crippen molar-refractivity contribution in [1.82, 2.24) is 4.98 Å². The number of aromatic nitrogens is 1. The average Bonchev–Trinajstić information content (AvgIpc) is 2.36. The molecule has 0 radical (unpaired) electrons. The van der Waals surface area contributed by atoms with Crippen molar-refractivity contribution in [2.24, 2.45) is 0 Å². The maximum Gasteiger partial charge on any atom is 0.253 e. The largest absolute Gasteiger partial charge is 0.350 e. The predicted octanol–water partition coefficient (Wildman–Crippen LogP) is 4.80. The highest BCUT2D eigenvalue weighted by molar-refractivity contribution is 9.10. The first-order valence-electron chi connectivity index (χ1n) is 4.82. The van der Waals surface area contributed by atoms with E-state index in [1.165, 1.54) is 18.2 Å². The fourth-order valence-electron chi connectivity index (χ4n) is 1.31. The van der Waals surface area contributed by atoms with Crippen LogP contribution in [0.2, 0.25) is 5.02 Å².